The molecule has 352 valence electrons. The lowest BCUT2D eigenvalue weighted by molar-refractivity contribution is -0.338. The SMILES string of the molecule is C[C@@H]1CC[C@H](O)[C@]23[C@@H]([C@H]4C[C@](C)(C#CC[C@]5(C[C@H](Cc6ccccc6)CC[C@@H]5CSSC[C@H](Cc5ccccc5)C1)C(=O)O4)[C@]2(O)CCC1=CC(=O)OC1)[C@](C)(C1CCCC1)CC[C@@H]3O. The van der Waals surface area contributed by atoms with Crippen molar-refractivity contribution >= 4 is 33.5 Å². The summed E-state index contributed by atoms with van der Waals surface area (Å²) in [5.74, 6) is 9.50. The molecule has 65 heavy (non-hydrogen) atoms. The quantitative estimate of drug-likeness (QED) is 0.135. The summed E-state index contributed by atoms with van der Waals surface area (Å²) in [6.45, 7) is 6.86. The Morgan fingerprint density at radius 3 is 2.15 bits per heavy atom. The molecule has 1 saturated heterocycles. The van der Waals surface area contributed by atoms with Gasteiger partial charge in [-0.25, -0.2) is 4.79 Å². The zero-order valence-corrected chi connectivity index (χ0v) is 40.8. The molecule has 9 heteroatoms. The molecule has 0 radical (unpaired) electrons. The van der Waals surface area contributed by atoms with Crippen LogP contribution in [0.5, 0.6) is 0 Å². The third-order valence-corrected chi connectivity index (χ3v) is 21.2. The number of hydrogen-bond acceptors (Lipinski definition) is 9. The Balaban J connectivity index is 1.21. The highest BCUT2D eigenvalue weighted by molar-refractivity contribution is 8.76. The number of aliphatic hydroxyl groups is 3. The first-order valence-electron chi connectivity index (χ1n) is 25.3. The van der Waals surface area contributed by atoms with Crippen molar-refractivity contribution in [2.75, 3.05) is 18.1 Å². The molecule has 0 amide bonds. The summed E-state index contributed by atoms with van der Waals surface area (Å²) in [6, 6.07) is 21.4. The van der Waals surface area contributed by atoms with Crippen LogP contribution in [-0.2, 0) is 31.9 Å². The third-order valence-electron chi connectivity index (χ3n) is 18.6. The van der Waals surface area contributed by atoms with E-state index in [0.717, 1.165) is 87.7 Å². The van der Waals surface area contributed by atoms with Crippen molar-refractivity contribution in [1.82, 2.24) is 0 Å². The lowest BCUT2D eigenvalue weighted by Crippen LogP contribution is -2.79. The molecule has 9 rings (SSSR count). The largest absolute Gasteiger partial charge is 0.462 e. The van der Waals surface area contributed by atoms with Crippen molar-refractivity contribution < 1.29 is 34.4 Å². The summed E-state index contributed by atoms with van der Waals surface area (Å²) < 4.78 is 12.7. The Kier molecular flexibility index (Phi) is 14.1. The van der Waals surface area contributed by atoms with E-state index < -0.39 is 51.5 Å². The van der Waals surface area contributed by atoms with Crippen LogP contribution in [0.1, 0.15) is 135 Å². The molecule has 7 aliphatic rings. The minimum absolute atomic E-state index is 0.0565. The molecule has 4 saturated carbocycles. The maximum atomic E-state index is 15.9. The highest BCUT2D eigenvalue weighted by atomic mass is 33.1. The topological polar surface area (TPSA) is 113 Å². The third kappa shape index (κ3) is 8.81. The molecular formula is C56H74O7S2. The highest BCUT2D eigenvalue weighted by Crippen LogP contribution is 2.72. The van der Waals surface area contributed by atoms with E-state index in [2.05, 4.69) is 86.4 Å². The molecule has 3 N–H and O–H groups in total. The summed E-state index contributed by atoms with van der Waals surface area (Å²) in [6.07, 6.45) is 12.1. The Morgan fingerprint density at radius 2 is 1.46 bits per heavy atom. The van der Waals surface area contributed by atoms with E-state index in [4.69, 9.17) is 9.47 Å². The predicted molar refractivity (Wildman–Crippen MR) is 260 cm³/mol. The fourth-order valence-electron chi connectivity index (χ4n) is 15.3. The van der Waals surface area contributed by atoms with Crippen LogP contribution in [0.15, 0.2) is 72.3 Å². The van der Waals surface area contributed by atoms with Crippen LogP contribution in [0.2, 0.25) is 0 Å². The van der Waals surface area contributed by atoms with E-state index in [1.807, 2.05) is 28.5 Å². The molecule has 0 unspecified atom stereocenters. The normalized spacial score (nSPS) is 41.4. The van der Waals surface area contributed by atoms with Crippen LogP contribution in [-0.4, -0.2) is 69.3 Å². The van der Waals surface area contributed by atoms with Gasteiger partial charge in [0.05, 0.1) is 34.1 Å². The summed E-state index contributed by atoms with van der Waals surface area (Å²) in [4.78, 5) is 28.4. The number of ether oxygens (including phenoxy) is 2. The summed E-state index contributed by atoms with van der Waals surface area (Å²) in [5, 5.41) is 41.1. The molecule has 3 heterocycles. The molecule has 13 atom stereocenters. The van der Waals surface area contributed by atoms with Gasteiger partial charge in [-0.2, -0.15) is 0 Å². The second-order valence-corrected chi connectivity index (χ2v) is 25.0. The number of fused-ring (bicyclic) bond motifs is 2. The fourth-order valence-corrected chi connectivity index (χ4v) is 18.2. The van der Waals surface area contributed by atoms with Crippen LogP contribution >= 0.6 is 21.6 Å². The Labute approximate surface area is 396 Å². The number of carbonyl (C=O) groups is 2. The first-order valence-corrected chi connectivity index (χ1v) is 27.8. The van der Waals surface area contributed by atoms with Gasteiger partial charge in [-0.15, -0.1) is 5.92 Å². The van der Waals surface area contributed by atoms with E-state index in [1.54, 1.807) is 6.08 Å². The van der Waals surface area contributed by atoms with Crippen molar-refractivity contribution in [3.63, 3.8) is 0 Å². The van der Waals surface area contributed by atoms with Gasteiger partial charge in [-0.3, -0.25) is 4.79 Å². The van der Waals surface area contributed by atoms with Gasteiger partial charge in [0.1, 0.15) is 12.7 Å². The number of aliphatic hydroxyl groups excluding tert-OH is 2. The van der Waals surface area contributed by atoms with Crippen molar-refractivity contribution in [3.05, 3.63) is 83.4 Å². The van der Waals surface area contributed by atoms with Gasteiger partial charge in [0.15, 0.2) is 0 Å². The molecule has 1 spiro atoms. The molecule has 5 fully saturated rings. The van der Waals surface area contributed by atoms with E-state index in [9.17, 15) is 20.1 Å². The van der Waals surface area contributed by atoms with E-state index in [0.29, 0.717) is 50.4 Å². The second kappa shape index (κ2) is 19.3. The van der Waals surface area contributed by atoms with Crippen molar-refractivity contribution in [2.24, 2.45) is 57.2 Å². The smallest absolute Gasteiger partial charge is 0.331 e. The average Bonchev–Trinajstić information content (AvgIpc) is 4.00. The van der Waals surface area contributed by atoms with Gasteiger partial charge in [0, 0.05) is 36.3 Å². The van der Waals surface area contributed by atoms with Crippen molar-refractivity contribution in [3.8, 4) is 11.8 Å². The van der Waals surface area contributed by atoms with Crippen LogP contribution in [0.25, 0.3) is 0 Å². The van der Waals surface area contributed by atoms with Gasteiger partial charge in [0.25, 0.3) is 0 Å². The lowest BCUT2D eigenvalue weighted by Gasteiger charge is -2.71. The van der Waals surface area contributed by atoms with Gasteiger partial charge in [-0.05, 0) is 149 Å². The fraction of sp³-hybridized carbons (Fsp3) is 0.679. The van der Waals surface area contributed by atoms with Crippen LogP contribution in [0, 0.1) is 69.0 Å². The van der Waals surface area contributed by atoms with E-state index in [1.165, 1.54) is 11.1 Å². The minimum Gasteiger partial charge on any atom is -0.462 e. The maximum Gasteiger partial charge on any atom is 0.331 e. The zero-order valence-electron chi connectivity index (χ0n) is 39.2. The van der Waals surface area contributed by atoms with E-state index in [-0.39, 0.29) is 42.7 Å². The summed E-state index contributed by atoms with van der Waals surface area (Å²) in [7, 11) is 3.87. The molecule has 4 bridgehead atoms. The first-order chi connectivity index (χ1) is 31.3. The second-order valence-electron chi connectivity index (χ2n) is 22.4. The Bertz CT molecular complexity index is 2100. The molecule has 3 aliphatic heterocycles. The van der Waals surface area contributed by atoms with Crippen LogP contribution in [0.3, 0.4) is 0 Å². The highest BCUT2D eigenvalue weighted by Gasteiger charge is 2.78. The number of rotatable bonds is 8. The Morgan fingerprint density at radius 1 is 0.785 bits per heavy atom. The minimum atomic E-state index is -1.71. The van der Waals surface area contributed by atoms with E-state index >= 15 is 4.79 Å². The van der Waals surface area contributed by atoms with Crippen molar-refractivity contribution in [2.45, 2.75) is 160 Å². The molecule has 2 aromatic rings. The molecule has 0 aromatic heterocycles. The molecule has 7 nitrogen and oxygen atoms in total. The molecule has 4 aliphatic carbocycles. The maximum absolute atomic E-state index is 15.9. The number of cyclic esters (lactones) is 1. The summed E-state index contributed by atoms with van der Waals surface area (Å²) >= 11 is 0. The molecule has 2 aromatic carbocycles. The number of esters is 2. The zero-order chi connectivity index (χ0) is 45.5. The van der Waals surface area contributed by atoms with Gasteiger partial charge < -0.3 is 24.8 Å². The predicted octanol–water partition coefficient (Wildman–Crippen LogP) is 10.7. The first kappa shape index (κ1) is 47.3. The Hall–Kier alpha value is -2.74. The van der Waals surface area contributed by atoms with Gasteiger partial charge >= 0.3 is 11.9 Å². The van der Waals surface area contributed by atoms with Crippen LogP contribution < -0.4 is 0 Å². The standard InChI is InChI=1S/C56H74O7S2/c1-38-19-22-47(57)56-48(58)24-27-53(3,44-17-10-11-18-44)50(56)46-34-52(2,55(56,61)28-23-42-32-49(59)62-35-42)25-12-26-54(51(60)63-46)33-41(30-39-13-6-4-7-14-39)20-21-45(54)37-65-64-36-43(29-38)31-40-15-8-5-9-16-40/h4-9,13-16,32,38,41,43-48,50,57-58,61H,10-11,17-24,26-31,33-37H2,1-3H3/t38-,41+,43+,45-,46-,47+,48+,50+,52+,53+,54-,55-,56+/m1/s1. The van der Waals surface area contributed by atoms with Crippen molar-refractivity contribution in [1.29, 1.82) is 0 Å². The lowest BCUT2D eigenvalue weighted by atomic mass is 9.35. The monoisotopic (exact) mass is 922 g/mol. The number of benzene rings is 2. The number of carbonyl (C=O) groups excluding carboxylic acids is 2. The summed E-state index contributed by atoms with van der Waals surface area (Å²) in [5.41, 5.74) is -2.19. The van der Waals surface area contributed by atoms with Crippen LogP contribution in [0.4, 0.5) is 0 Å². The molecular weight excluding hydrogens is 849 g/mol. The van der Waals surface area contributed by atoms with Gasteiger partial charge in [0.2, 0.25) is 0 Å². The average molecular weight is 923 g/mol. The van der Waals surface area contributed by atoms with Gasteiger partial charge in [-0.1, -0.05) is 115 Å². The number of hydrogen-bond donors (Lipinski definition) is 3.